The molecule has 0 aliphatic rings. The molecule has 154 valence electrons. The number of benzene rings is 1. The summed E-state index contributed by atoms with van der Waals surface area (Å²) in [5.41, 5.74) is -1.14. The highest BCUT2D eigenvalue weighted by Crippen LogP contribution is 2.35. The Morgan fingerprint density at radius 3 is 2.66 bits per heavy atom. The molecular formula is C19H19F3N4O3. The van der Waals surface area contributed by atoms with Crippen LogP contribution in [-0.2, 0) is 31.1 Å². The summed E-state index contributed by atoms with van der Waals surface area (Å²) in [6, 6.07) is 7.56. The number of fused-ring (bicyclic) bond motifs is 1. The lowest BCUT2D eigenvalue weighted by molar-refractivity contribution is -0.136. The fourth-order valence-electron chi connectivity index (χ4n) is 3.21. The average Bonchev–Trinajstić information content (AvgIpc) is 2.95. The second-order valence-electron chi connectivity index (χ2n) is 6.52. The molecule has 0 atom stereocenters. The zero-order valence-electron chi connectivity index (χ0n) is 16.0. The van der Waals surface area contributed by atoms with Crippen molar-refractivity contribution in [2.24, 2.45) is 7.05 Å². The smallest absolute Gasteiger partial charge is 0.417 e. The number of aromatic nitrogens is 3. The number of ether oxygens (including phenoxy) is 1. The van der Waals surface area contributed by atoms with Gasteiger partial charge in [-0.05, 0) is 24.6 Å². The lowest BCUT2D eigenvalue weighted by atomic mass is 10.1. The molecule has 10 heteroatoms. The fraction of sp³-hybridized carbons (Fsp3) is 0.316. The van der Waals surface area contributed by atoms with E-state index in [-0.39, 0.29) is 23.3 Å². The molecule has 1 aromatic carbocycles. The number of rotatable bonds is 5. The topological polar surface area (TPSA) is 78.2 Å². The van der Waals surface area contributed by atoms with Gasteiger partial charge in [0.05, 0.1) is 23.8 Å². The largest absolute Gasteiger partial charge is 0.497 e. The first-order valence-corrected chi connectivity index (χ1v) is 8.65. The normalized spacial score (nSPS) is 11.7. The number of pyridine rings is 1. The molecule has 2 aromatic heterocycles. The molecule has 3 rings (SSSR count). The second kappa shape index (κ2) is 7.61. The average molecular weight is 408 g/mol. The van der Waals surface area contributed by atoms with Crippen LogP contribution < -0.4 is 15.6 Å². The van der Waals surface area contributed by atoms with Crippen molar-refractivity contribution in [3.63, 3.8) is 0 Å². The van der Waals surface area contributed by atoms with Crippen LogP contribution >= 0.6 is 0 Å². The predicted octanol–water partition coefficient (Wildman–Crippen LogP) is 2.39. The van der Waals surface area contributed by atoms with E-state index in [0.29, 0.717) is 11.8 Å². The summed E-state index contributed by atoms with van der Waals surface area (Å²) >= 11 is 0. The SMILES string of the molecule is COc1cccc(CNC(=O)Cn2c(=O)cc(C(F)(F)F)c3c(C)nn(C)c32)c1. The number of hydrogen-bond donors (Lipinski definition) is 1. The molecule has 0 saturated heterocycles. The third-order valence-corrected chi connectivity index (χ3v) is 4.48. The van der Waals surface area contributed by atoms with E-state index in [1.54, 1.807) is 24.3 Å². The van der Waals surface area contributed by atoms with Crippen molar-refractivity contribution >= 4 is 16.9 Å². The molecule has 7 nitrogen and oxygen atoms in total. The summed E-state index contributed by atoms with van der Waals surface area (Å²) in [5.74, 6) is 0.109. The summed E-state index contributed by atoms with van der Waals surface area (Å²) < 4.78 is 47.4. The Kier molecular flexibility index (Phi) is 5.36. The van der Waals surface area contributed by atoms with Crippen LogP contribution in [0.4, 0.5) is 13.2 Å². The van der Waals surface area contributed by atoms with Crippen LogP contribution in [0.25, 0.3) is 11.0 Å². The summed E-state index contributed by atoms with van der Waals surface area (Å²) in [4.78, 5) is 24.8. The number of amides is 1. The number of aryl methyl sites for hydroxylation is 2. The van der Waals surface area contributed by atoms with Gasteiger partial charge in [-0.1, -0.05) is 12.1 Å². The van der Waals surface area contributed by atoms with E-state index >= 15 is 0 Å². The summed E-state index contributed by atoms with van der Waals surface area (Å²) in [5, 5.41) is 6.46. The standard InChI is InChI=1S/C19H19F3N4O3/c1-11-17-14(19(20,21)22)8-16(28)26(18(17)25(2)24-11)10-15(27)23-9-12-5-4-6-13(7-12)29-3/h4-8H,9-10H2,1-3H3,(H,23,27). The zero-order chi connectivity index (χ0) is 21.3. The van der Waals surface area contributed by atoms with Crippen LogP contribution in [0.5, 0.6) is 5.75 Å². The first-order chi connectivity index (χ1) is 13.6. The van der Waals surface area contributed by atoms with Gasteiger partial charge in [-0.3, -0.25) is 18.8 Å². The number of nitrogens with one attached hydrogen (secondary N) is 1. The summed E-state index contributed by atoms with van der Waals surface area (Å²) in [7, 11) is 2.95. The number of carbonyl (C=O) groups is 1. The zero-order valence-corrected chi connectivity index (χ0v) is 16.0. The Morgan fingerprint density at radius 2 is 2.00 bits per heavy atom. The molecule has 29 heavy (non-hydrogen) atoms. The molecule has 0 aliphatic heterocycles. The van der Waals surface area contributed by atoms with Gasteiger partial charge in [0.2, 0.25) is 5.91 Å². The van der Waals surface area contributed by atoms with Crippen molar-refractivity contribution in [2.75, 3.05) is 7.11 Å². The molecule has 1 N–H and O–H groups in total. The van der Waals surface area contributed by atoms with Gasteiger partial charge in [-0.2, -0.15) is 18.3 Å². The minimum Gasteiger partial charge on any atom is -0.497 e. The maximum Gasteiger partial charge on any atom is 0.417 e. The number of methoxy groups -OCH3 is 1. The van der Waals surface area contributed by atoms with Gasteiger partial charge in [0.25, 0.3) is 5.56 Å². The first-order valence-electron chi connectivity index (χ1n) is 8.65. The Labute approximate surface area is 163 Å². The molecule has 0 aliphatic carbocycles. The Balaban J connectivity index is 1.91. The van der Waals surface area contributed by atoms with Crippen LogP contribution in [0, 0.1) is 6.92 Å². The molecule has 0 spiro atoms. The first kappa shape index (κ1) is 20.4. The van der Waals surface area contributed by atoms with Crippen molar-refractivity contribution in [2.45, 2.75) is 26.2 Å². The van der Waals surface area contributed by atoms with Crippen molar-refractivity contribution in [3.8, 4) is 5.75 Å². The number of nitrogens with zero attached hydrogens (tertiary/aromatic N) is 3. The van der Waals surface area contributed by atoms with Crippen molar-refractivity contribution < 1.29 is 22.7 Å². The van der Waals surface area contributed by atoms with Gasteiger partial charge in [0.15, 0.2) is 0 Å². The lowest BCUT2D eigenvalue weighted by Crippen LogP contribution is -2.33. The van der Waals surface area contributed by atoms with E-state index in [2.05, 4.69) is 10.4 Å². The number of halogens is 3. The highest BCUT2D eigenvalue weighted by Gasteiger charge is 2.36. The van der Waals surface area contributed by atoms with Crippen molar-refractivity contribution in [1.29, 1.82) is 0 Å². The highest BCUT2D eigenvalue weighted by atomic mass is 19.4. The molecule has 1 amide bonds. The van der Waals surface area contributed by atoms with Crippen molar-refractivity contribution in [3.05, 3.63) is 57.5 Å². The third-order valence-electron chi connectivity index (χ3n) is 4.48. The van der Waals surface area contributed by atoms with Gasteiger partial charge in [0.1, 0.15) is 17.9 Å². The quantitative estimate of drug-likeness (QED) is 0.703. The minimum atomic E-state index is -4.71. The highest BCUT2D eigenvalue weighted by molar-refractivity contribution is 5.85. The van der Waals surface area contributed by atoms with Gasteiger partial charge < -0.3 is 10.1 Å². The molecule has 2 heterocycles. The minimum absolute atomic E-state index is 0.0566. The summed E-state index contributed by atoms with van der Waals surface area (Å²) in [6.45, 7) is 1.17. The fourth-order valence-corrected chi connectivity index (χ4v) is 3.21. The molecule has 3 aromatic rings. The number of carbonyl (C=O) groups excluding carboxylic acids is 1. The van der Waals surface area contributed by atoms with E-state index in [1.165, 1.54) is 25.8 Å². The molecule has 0 fully saturated rings. The molecule has 0 radical (unpaired) electrons. The monoisotopic (exact) mass is 408 g/mol. The van der Waals surface area contributed by atoms with E-state index < -0.39 is 29.8 Å². The number of hydrogen-bond acceptors (Lipinski definition) is 4. The van der Waals surface area contributed by atoms with E-state index in [9.17, 15) is 22.8 Å². The van der Waals surface area contributed by atoms with E-state index in [1.807, 2.05) is 0 Å². The van der Waals surface area contributed by atoms with Crippen molar-refractivity contribution in [1.82, 2.24) is 19.7 Å². The molecule has 0 saturated carbocycles. The van der Waals surface area contributed by atoms with Gasteiger partial charge in [0, 0.05) is 19.7 Å². The van der Waals surface area contributed by atoms with Gasteiger partial charge in [-0.25, -0.2) is 0 Å². The van der Waals surface area contributed by atoms with E-state index in [4.69, 9.17) is 4.74 Å². The third kappa shape index (κ3) is 4.10. The Hall–Kier alpha value is -3.30. The van der Waals surface area contributed by atoms with Crippen LogP contribution in [0.1, 0.15) is 16.8 Å². The Bertz CT molecular complexity index is 1130. The maximum atomic E-state index is 13.4. The molecular weight excluding hydrogens is 389 g/mol. The molecule has 0 bridgehead atoms. The lowest BCUT2D eigenvalue weighted by Gasteiger charge is -2.14. The van der Waals surface area contributed by atoms with Crippen LogP contribution in [0.2, 0.25) is 0 Å². The van der Waals surface area contributed by atoms with Gasteiger partial charge >= 0.3 is 6.18 Å². The van der Waals surface area contributed by atoms with Crippen LogP contribution in [0.15, 0.2) is 35.1 Å². The maximum absolute atomic E-state index is 13.4. The van der Waals surface area contributed by atoms with Crippen LogP contribution in [-0.4, -0.2) is 27.4 Å². The predicted molar refractivity (Wildman–Crippen MR) is 99.6 cm³/mol. The van der Waals surface area contributed by atoms with Crippen LogP contribution in [0.3, 0.4) is 0 Å². The Morgan fingerprint density at radius 1 is 1.28 bits per heavy atom. The van der Waals surface area contributed by atoms with E-state index in [0.717, 1.165) is 10.1 Å². The second-order valence-corrected chi connectivity index (χ2v) is 6.52. The van der Waals surface area contributed by atoms with Gasteiger partial charge in [-0.15, -0.1) is 0 Å². The summed E-state index contributed by atoms with van der Waals surface area (Å²) in [6.07, 6.45) is -4.71. The molecule has 0 unspecified atom stereocenters. The number of alkyl halides is 3.